The molecule has 222 valence electrons. The monoisotopic (exact) mass is 573 g/mol. The van der Waals surface area contributed by atoms with Gasteiger partial charge >= 0.3 is 0 Å². The van der Waals surface area contributed by atoms with Crippen LogP contribution in [-0.4, -0.2) is 28.6 Å². The SMILES string of the molecule is Cc1ccc(C(C)C)c(OCCCCn2c(CCCNC(=O)Cc3ccc(-c4ccccc4)cc3)nc3ccccc32)c1. The third kappa shape index (κ3) is 8.13. The van der Waals surface area contributed by atoms with Gasteiger partial charge in [0.05, 0.1) is 24.1 Å². The largest absolute Gasteiger partial charge is 0.493 e. The van der Waals surface area contributed by atoms with Crippen molar-refractivity contribution in [1.82, 2.24) is 14.9 Å². The Balaban J connectivity index is 1.09. The Bertz CT molecular complexity index is 1620. The number of hydrogen-bond acceptors (Lipinski definition) is 3. The molecule has 5 aromatic rings. The second kappa shape index (κ2) is 14.7. The number of ether oxygens (including phenoxy) is 1. The fraction of sp³-hybridized carbons (Fsp3) is 0.316. The number of benzene rings is 4. The normalized spacial score (nSPS) is 11.3. The second-order valence-corrected chi connectivity index (χ2v) is 11.6. The van der Waals surface area contributed by atoms with Gasteiger partial charge in [0, 0.05) is 19.5 Å². The van der Waals surface area contributed by atoms with E-state index in [0.717, 1.165) is 60.4 Å². The first kappa shape index (κ1) is 30.1. The first-order valence-corrected chi connectivity index (χ1v) is 15.6. The van der Waals surface area contributed by atoms with Crippen molar-refractivity contribution in [2.45, 2.75) is 65.3 Å². The molecule has 1 heterocycles. The summed E-state index contributed by atoms with van der Waals surface area (Å²) in [4.78, 5) is 17.6. The predicted molar refractivity (Wildman–Crippen MR) is 177 cm³/mol. The Hall–Kier alpha value is -4.38. The standard InChI is InChI=1S/C38H43N3O2/c1-28(2)33-22-17-29(3)26-36(33)43-25-10-9-24-41-35-15-8-7-14-34(35)40-37(41)16-11-23-39-38(42)27-30-18-20-32(21-19-30)31-12-5-4-6-13-31/h4-8,12-15,17-22,26,28H,9-11,16,23-25,27H2,1-3H3,(H,39,42). The van der Waals surface area contributed by atoms with E-state index in [2.05, 4.69) is 91.3 Å². The first-order valence-electron chi connectivity index (χ1n) is 15.6. The maximum absolute atomic E-state index is 12.6. The van der Waals surface area contributed by atoms with Gasteiger partial charge < -0.3 is 14.6 Å². The zero-order valence-electron chi connectivity index (χ0n) is 25.7. The molecule has 0 aliphatic heterocycles. The molecule has 0 saturated carbocycles. The number of hydrogen-bond donors (Lipinski definition) is 1. The molecule has 1 aromatic heterocycles. The molecule has 0 saturated heterocycles. The van der Waals surface area contributed by atoms with Gasteiger partial charge in [-0.2, -0.15) is 0 Å². The molecule has 0 unspecified atom stereocenters. The summed E-state index contributed by atoms with van der Waals surface area (Å²) in [5, 5.41) is 3.10. The summed E-state index contributed by atoms with van der Waals surface area (Å²) < 4.78 is 8.57. The van der Waals surface area contributed by atoms with E-state index in [0.29, 0.717) is 25.5 Å². The molecule has 0 spiro atoms. The summed E-state index contributed by atoms with van der Waals surface area (Å²) in [5.41, 5.74) is 8.04. The minimum Gasteiger partial charge on any atom is -0.493 e. The van der Waals surface area contributed by atoms with E-state index in [1.807, 2.05) is 36.4 Å². The van der Waals surface area contributed by atoms with Crippen molar-refractivity contribution in [3.05, 3.63) is 120 Å². The lowest BCUT2D eigenvalue weighted by Gasteiger charge is -2.15. The van der Waals surface area contributed by atoms with Crippen LogP contribution in [0.4, 0.5) is 0 Å². The molecule has 5 rings (SSSR count). The summed E-state index contributed by atoms with van der Waals surface area (Å²) in [7, 11) is 0. The zero-order valence-corrected chi connectivity index (χ0v) is 25.7. The number of amides is 1. The van der Waals surface area contributed by atoms with E-state index >= 15 is 0 Å². The number of carbonyl (C=O) groups is 1. The average Bonchev–Trinajstić information content (AvgIpc) is 3.37. The zero-order chi connectivity index (χ0) is 30.0. The fourth-order valence-electron chi connectivity index (χ4n) is 5.53. The lowest BCUT2D eigenvalue weighted by molar-refractivity contribution is -0.120. The Morgan fingerprint density at radius 1 is 0.860 bits per heavy atom. The van der Waals surface area contributed by atoms with E-state index in [-0.39, 0.29) is 5.91 Å². The van der Waals surface area contributed by atoms with Crippen molar-refractivity contribution in [3.8, 4) is 16.9 Å². The van der Waals surface area contributed by atoms with Gasteiger partial charge in [-0.3, -0.25) is 4.79 Å². The van der Waals surface area contributed by atoms with Crippen LogP contribution in [0.1, 0.15) is 61.5 Å². The molecule has 5 nitrogen and oxygen atoms in total. The quantitative estimate of drug-likeness (QED) is 0.136. The summed E-state index contributed by atoms with van der Waals surface area (Å²) in [6, 6.07) is 33.4. The van der Waals surface area contributed by atoms with Crippen LogP contribution in [0.25, 0.3) is 22.2 Å². The van der Waals surface area contributed by atoms with Crippen LogP contribution >= 0.6 is 0 Å². The minimum atomic E-state index is 0.0511. The van der Waals surface area contributed by atoms with Gasteiger partial charge in [0.15, 0.2) is 0 Å². The summed E-state index contributed by atoms with van der Waals surface area (Å²) in [6.07, 6.45) is 4.03. The summed E-state index contributed by atoms with van der Waals surface area (Å²) >= 11 is 0. The molecule has 0 aliphatic rings. The smallest absolute Gasteiger partial charge is 0.224 e. The topological polar surface area (TPSA) is 56.1 Å². The van der Waals surface area contributed by atoms with Crippen LogP contribution in [0.15, 0.2) is 97.1 Å². The molecule has 1 amide bonds. The third-order valence-electron chi connectivity index (χ3n) is 7.88. The second-order valence-electron chi connectivity index (χ2n) is 11.6. The summed E-state index contributed by atoms with van der Waals surface area (Å²) in [5.74, 6) is 2.57. The van der Waals surface area contributed by atoms with Crippen molar-refractivity contribution < 1.29 is 9.53 Å². The Kier molecular flexibility index (Phi) is 10.3. The molecule has 0 aliphatic carbocycles. The average molecular weight is 574 g/mol. The van der Waals surface area contributed by atoms with E-state index in [4.69, 9.17) is 9.72 Å². The highest BCUT2D eigenvalue weighted by Crippen LogP contribution is 2.28. The summed E-state index contributed by atoms with van der Waals surface area (Å²) in [6.45, 7) is 8.76. The predicted octanol–water partition coefficient (Wildman–Crippen LogP) is 8.29. The molecule has 0 fully saturated rings. The number of imidazole rings is 1. The van der Waals surface area contributed by atoms with Crippen molar-refractivity contribution in [2.24, 2.45) is 0 Å². The van der Waals surface area contributed by atoms with Crippen molar-refractivity contribution in [3.63, 3.8) is 0 Å². The lowest BCUT2D eigenvalue weighted by atomic mass is 10.0. The van der Waals surface area contributed by atoms with Crippen LogP contribution in [-0.2, 0) is 24.2 Å². The highest BCUT2D eigenvalue weighted by Gasteiger charge is 2.12. The molecule has 4 aromatic carbocycles. The van der Waals surface area contributed by atoms with E-state index in [1.54, 1.807) is 0 Å². The molecule has 1 N–H and O–H groups in total. The molecular formula is C38H43N3O2. The number of nitrogens with one attached hydrogen (secondary N) is 1. The van der Waals surface area contributed by atoms with Gasteiger partial charge in [-0.25, -0.2) is 4.98 Å². The third-order valence-corrected chi connectivity index (χ3v) is 7.88. The van der Waals surface area contributed by atoms with E-state index in [9.17, 15) is 4.79 Å². The van der Waals surface area contributed by atoms with Gasteiger partial charge in [-0.15, -0.1) is 0 Å². The van der Waals surface area contributed by atoms with Crippen molar-refractivity contribution in [1.29, 1.82) is 0 Å². The minimum absolute atomic E-state index is 0.0511. The Labute approximate surface area is 255 Å². The molecule has 0 bridgehead atoms. The first-order chi connectivity index (χ1) is 21.0. The Morgan fingerprint density at radius 2 is 1.60 bits per heavy atom. The highest BCUT2D eigenvalue weighted by atomic mass is 16.5. The van der Waals surface area contributed by atoms with Crippen LogP contribution in [0.2, 0.25) is 0 Å². The van der Waals surface area contributed by atoms with E-state index in [1.165, 1.54) is 22.2 Å². The number of unbranched alkanes of at least 4 members (excludes halogenated alkanes) is 1. The lowest BCUT2D eigenvalue weighted by Crippen LogP contribution is -2.26. The number of aryl methyl sites for hydroxylation is 3. The number of para-hydroxylation sites is 2. The van der Waals surface area contributed by atoms with Crippen LogP contribution in [0.3, 0.4) is 0 Å². The van der Waals surface area contributed by atoms with Gasteiger partial charge in [-0.05, 0) is 78.1 Å². The van der Waals surface area contributed by atoms with Crippen LogP contribution < -0.4 is 10.1 Å². The van der Waals surface area contributed by atoms with Gasteiger partial charge in [0.25, 0.3) is 0 Å². The molecule has 0 atom stereocenters. The van der Waals surface area contributed by atoms with Gasteiger partial charge in [0.1, 0.15) is 11.6 Å². The number of rotatable bonds is 14. The number of aromatic nitrogens is 2. The molecule has 0 radical (unpaired) electrons. The maximum Gasteiger partial charge on any atom is 0.224 e. The Morgan fingerprint density at radius 3 is 2.40 bits per heavy atom. The molecular weight excluding hydrogens is 530 g/mol. The molecule has 43 heavy (non-hydrogen) atoms. The van der Waals surface area contributed by atoms with Crippen LogP contribution in [0.5, 0.6) is 5.75 Å². The number of carbonyl (C=O) groups excluding carboxylic acids is 1. The van der Waals surface area contributed by atoms with E-state index < -0.39 is 0 Å². The van der Waals surface area contributed by atoms with Crippen molar-refractivity contribution >= 4 is 16.9 Å². The van der Waals surface area contributed by atoms with Gasteiger partial charge in [0.2, 0.25) is 5.91 Å². The van der Waals surface area contributed by atoms with Crippen molar-refractivity contribution in [2.75, 3.05) is 13.2 Å². The van der Waals surface area contributed by atoms with Gasteiger partial charge in [-0.1, -0.05) is 92.7 Å². The molecule has 5 heteroatoms. The highest BCUT2D eigenvalue weighted by molar-refractivity contribution is 5.79. The number of fused-ring (bicyclic) bond motifs is 1. The number of nitrogens with zero attached hydrogens (tertiary/aromatic N) is 2. The maximum atomic E-state index is 12.6. The fourth-order valence-corrected chi connectivity index (χ4v) is 5.53. The van der Waals surface area contributed by atoms with Crippen LogP contribution in [0, 0.1) is 6.92 Å².